The summed E-state index contributed by atoms with van der Waals surface area (Å²) in [6, 6.07) is 16.0. The highest BCUT2D eigenvalue weighted by atomic mass is 19.1. The molecule has 0 aliphatic rings. The standard InChI is InChI=1S/C25H32FN3O2/c1-5-21(30)16-29(15-18(2)3)17-23-24(19-9-7-6-8-10-19)27-28(4)25(23)31-22-13-11-20(26)12-14-22/h6-14,18,21,30H,5,15-17H2,1-4H3/t21-/m1/s1. The van der Waals surface area contributed by atoms with Crippen LogP contribution in [0, 0.1) is 11.7 Å². The number of rotatable bonds is 10. The zero-order valence-electron chi connectivity index (χ0n) is 18.8. The summed E-state index contributed by atoms with van der Waals surface area (Å²) in [6.07, 6.45) is 0.309. The van der Waals surface area contributed by atoms with Gasteiger partial charge in [0.2, 0.25) is 5.88 Å². The maximum Gasteiger partial charge on any atom is 0.222 e. The maximum absolute atomic E-state index is 13.4. The molecular weight excluding hydrogens is 393 g/mol. The van der Waals surface area contributed by atoms with Crippen LogP contribution in [0.1, 0.15) is 32.8 Å². The second kappa shape index (κ2) is 10.6. The first-order valence-electron chi connectivity index (χ1n) is 10.8. The molecule has 0 bridgehead atoms. The number of ether oxygens (including phenoxy) is 1. The molecule has 0 saturated carbocycles. The topological polar surface area (TPSA) is 50.5 Å². The van der Waals surface area contributed by atoms with Gasteiger partial charge in [-0.3, -0.25) is 4.90 Å². The monoisotopic (exact) mass is 425 g/mol. The average molecular weight is 426 g/mol. The highest BCUT2D eigenvalue weighted by molar-refractivity contribution is 5.65. The molecule has 0 amide bonds. The predicted octanol–water partition coefficient (Wildman–Crippen LogP) is 5.25. The van der Waals surface area contributed by atoms with Crippen LogP contribution >= 0.6 is 0 Å². The number of aryl methyl sites for hydroxylation is 1. The van der Waals surface area contributed by atoms with Gasteiger partial charge in [0.25, 0.3) is 0 Å². The first-order chi connectivity index (χ1) is 14.9. The zero-order valence-corrected chi connectivity index (χ0v) is 18.8. The van der Waals surface area contributed by atoms with E-state index < -0.39 is 6.10 Å². The van der Waals surface area contributed by atoms with Gasteiger partial charge in [-0.1, -0.05) is 51.1 Å². The summed E-state index contributed by atoms with van der Waals surface area (Å²) in [5, 5.41) is 15.1. The van der Waals surface area contributed by atoms with E-state index in [2.05, 4.69) is 18.7 Å². The Morgan fingerprint density at radius 1 is 1.06 bits per heavy atom. The van der Waals surface area contributed by atoms with Crippen LogP contribution in [0.4, 0.5) is 4.39 Å². The Hall–Kier alpha value is -2.70. The van der Waals surface area contributed by atoms with Crippen LogP contribution in [0.5, 0.6) is 11.6 Å². The van der Waals surface area contributed by atoms with Crippen LogP contribution in [0.15, 0.2) is 54.6 Å². The minimum atomic E-state index is -0.392. The molecule has 5 nitrogen and oxygen atoms in total. The molecule has 1 N–H and O–H groups in total. The molecule has 1 heterocycles. The van der Waals surface area contributed by atoms with Gasteiger partial charge in [0.05, 0.1) is 11.7 Å². The largest absolute Gasteiger partial charge is 0.439 e. The number of aliphatic hydroxyl groups excluding tert-OH is 1. The van der Waals surface area contributed by atoms with Gasteiger partial charge in [-0.05, 0) is 36.6 Å². The van der Waals surface area contributed by atoms with Crippen molar-refractivity contribution < 1.29 is 14.2 Å². The molecule has 0 saturated heterocycles. The first-order valence-corrected chi connectivity index (χ1v) is 10.8. The second-order valence-electron chi connectivity index (χ2n) is 8.33. The van der Waals surface area contributed by atoms with Crippen molar-refractivity contribution in [1.82, 2.24) is 14.7 Å². The zero-order chi connectivity index (χ0) is 22.4. The van der Waals surface area contributed by atoms with E-state index in [1.165, 1.54) is 12.1 Å². The SMILES string of the molecule is CC[C@@H](O)CN(Cc1c(-c2ccccc2)nn(C)c1Oc1ccc(F)cc1)CC(C)C. The lowest BCUT2D eigenvalue weighted by molar-refractivity contribution is 0.0982. The minimum Gasteiger partial charge on any atom is -0.439 e. The van der Waals surface area contributed by atoms with Crippen molar-refractivity contribution in [3.8, 4) is 22.9 Å². The number of aromatic nitrogens is 2. The summed E-state index contributed by atoms with van der Waals surface area (Å²) in [5.41, 5.74) is 2.80. The fraction of sp³-hybridized carbons (Fsp3) is 0.400. The van der Waals surface area contributed by atoms with Gasteiger partial charge in [0, 0.05) is 32.2 Å². The van der Waals surface area contributed by atoms with Crippen molar-refractivity contribution in [2.24, 2.45) is 13.0 Å². The summed E-state index contributed by atoms with van der Waals surface area (Å²) in [5.74, 6) is 1.31. The first kappa shape index (κ1) is 23.0. The Balaban J connectivity index is 2.02. The van der Waals surface area contributed by atoms with E-state index in [1.54, 1.807) is 16.8 Å². The molecule has 31 heavy (non-hydrogen) atoms. The third-order valence-corrected chi connectivity index (χ3v) is 5.11. The van der Waals surface area contributed by atoms with E-state index in [0.717, 1.165) is 23.4 Å². The van der Waals surface area contributed by atoms with Gasteiger partial charge < -0.3 is 9.84 Å². The molecule has 6 heteroatoms. The smallest absolute Gasteiger partial charge is 0.222 e. The van der Waals surface area contributed by atoms with E-state index in [9.17, 15) is 9.50 Å². The molecule has 3 aromatic rings. The minimum absolute atomic E-state index is 0.306. The van der Waals surface area contributed by atoms with E-state index in [-0.39, 0.29) is 5.82 Å². The fourth-order valence-corrected chi connectivity index (χ4v) is 3.64. The Kier molecular flexibility index (Phi) is 7.82. The Morgan fingerprint density at radius 3 is 2.35 bits per heavy atom. The van der Waals surface area contributed by atoms with Gasteiger partial charge >= 0.3 is 0 Å². The quantitative estimate of drug-likeness (QED) is 0.482. The normalized spacial score (nSPS) is 12.5. The summed E-state index contributed by atoms with van der Waals surface area (Å²) in [7, 11) is 1.85. The van der Waals surface area contributed by atoms with E-state index in [4.69, 9.17) is 9.84 Å². The van der Waals surface area contributed by atoms with Crippen LogP contribution in [0.25, 0.3) is 11.3 Å². The molecule has 2 aromatic carbocycles. The maximum atomic E-state index is 13.4. The predicted molar refractivity (Wildman–Crippen MR) is 122 cm³/mol. The summed E-state index contributed by atoms with van der Waals surface area (Å²) in [6.45, 7) is 8.33. The summed E-state index contributed by atoms with van der Waals surface area (Å²) < 4.78 is 21.3. The van der Waals surface area contributed by atoms with Crippen molar-refractivity contribution >= 4 is 0 Å². The lowest BCUT2D eigenvalue weighted by atomic mass is 10.1. The van der Waals surface area contributed by atoms with Crippen LogP contribution in [-0.4, -0.2) is 39.0 Å². The number of benzene rings is 2. The van der Waals surface area contributed by atoms with Crippen LogP contribution in [-0.2, 0) is 13.6 Å². The summed E-state index contributed by atoms with van der Waals surface area (Å²) in [4.78, 5) is 2.25. The van der Waals surface area contributed by atoms with Gasteiger partial charge in [-0.25, -0.2) is 9.07 Å². The van der Waals surface area contributed by atoms with Crippen LogP contribution in [0.3, 0.4) is 0 Å². The average Bonchev–Trinajstić information content (AvgIpc) is 3.05. The summed E-state index contributed by atoms with van der Waals surface area (Å²) >= 11 is 0. The van der Waals surface area contributed by atoms with Crippen molar-refractivity contribution in [2.45, 2.75) is 39.8 Å². The number of halogens is 1. The van der Waals surface area contributed by atoms with Gasteiger partial charge in [-0.15, -0.1) is 0 Å². The molecular formula is C25H32FN3O2. The Labute approximate surface area is 184 Å². The number of hydrogen-bond acceptors (Lipinski definition) is 4. The fourth-order valence-electron chi connectivity index (χ4n) is 3.64. The number of aliphatic hydroxyl groups is 1. The van der Waals surface area contributed by atoms with Gasteiger partial charge in [0.15, 0.2) is 0 Å². The molecule has 0 unspecified atom stereocenters. The van der Waals surface area contributed by atoms with E-state index >= 15 is 0 Å². The second-order valence-corrected chi connectivity index (χ2v) is 8.33. The van der Waals surface area contributed by atoms with Crippen molar-refractivity contribution in [3.05, 3.63) is 66.0 Å². The molecule has 0 fully saturated rings. The third kappa shape index (κ3) is 6.15. The Bertz CT molecular complexity index is 955. The third-order valence-electron chi connectivity index (χ3n) is 5.11. The number of nitrogens with zero attached hydrogens (tertiary/aromatic N) is 3. The van der Waals surface area contributed by atoms with Crippen LogP contribution < -0.4 is 4.74 Å². The molecule has 0 spiro atoms. The highest BCUT2D eigenvalue weighted by Crippen LogP contribution is 2.34. The van der Waals surface area contributed by atoms with Gasteiger partial charge in [-0.2, -0.15) is 5.10 Å². The lowest BCUT2D eigenvalue weighted by Gasteiger charge is -2.26. The Morgan fingerprint density at radius 2 is 1.74 bits per heavy atom. The molecule has 0 radical (unpaired) electrons. The molecule has 166 valence electrons. The molecule has 0 aliphatic carbocycles. The van der Waals surface area contributed by atoms with Gasteiger partial charge in [0.1, 0.15) is 17.3 Å². The molecule has 0 aliphatic heterocycles. The van der Waals surface area contributed by atoms with Crippen molar-refractivity contribution in [2.75, 3.05) is 13.1 Å². The lowest BCUT2D eigenvalue weighted by Crippen LogP contribution is -2.34. The van der Waals surface area contributed by atoms with Crippen molar-refractivity contribution in [1.29, 1.82) is 0 Å². The van der Waals surface area contributed by atoms with E-state index in [0.29, 0.717) is 37.1 Å². The highest BCUT2D eigenvalue weighted by Gasteiger charge is 2.23. The molecule has 3 rings (SSSR count). The van der Waals surface area contributed by atoms with E-state index in [1.807, 2.05) is 44.3 Å². The molecule has 1 aromatic heterocycles. The van der Waals surface area contributed by atoms with Crippen LogP contribution in [0.2, 0.25) is 0 Å². The number of hydrogen-bond donors (Lipinski definition) is 1. The van der Waals surface area contributed by atoms with Crippen molar-refractivity contribution in [3.63, 3.8) is 0 Å². The molecule has 1 atom stereocenters.